The van der Waals surface area contributed by atoms with E-state index in [-0.39, 0.29) is 50.4 Å². The van der Waals surface area contributed by atoms with Gasteiger partial charge in [0, 0.05) is 12.3 Å². The fourth-order valence-electron chi connectivity index (χ4n) is 4.27. The number of hydrogen-bond acceptors (Lipinski definition) is 8. The van der Waals surface area contributed by atoms with Gasteiger partial charge >= 0.3 is 11.9 Å². The Balaban J connectivity index is 1.86. The monoisotopic (exact) mass is 729 g/mol. The molecule has 2 rings (SSSR count). The summed E-state index contributed by atoms with van der Waals surface area (Å²) in [5.41, 5.74) is -1.49. The maximum Gasteiger partial charge on any atom is 0.317 e. The van der Waals surface area contributed by atoms with Gasteiger partial charge in [-0.3, -0.25) is 24.0 Å². The summed E-state index contributed by atoms with van der Waals surface area (Å²) in [5, 5.41) is 7.76. The molecule has 0 aliphatic rings. The number of amides is 3. The first-order chi connectivity index (χ1) is 23.6. The lowest BCUT2D eigenvalue weighted by Crippen LogP contribution is -2.52. The molecule has 0 bridgehead atoms. The molecular formula is C35H44F5N3O8. The van der Waals surface area contributed by atoms with Crippen LogP contribution >= 0.6 is 0 Å². The van der Waals surface area contributed by atoms with Crippen LogP contribution in [0.5, 0.6) is 5.75 Å². The lowest BCUT2D eigenvalue weighted by molar-refractivity contribution is -0.148. The Morgan fingerprint density at radius 1 is 0.784 bits per heavy atom. The van der Waals surface area contributed by atoms with Gasteiger partial charge in [0.05, 0.1) is 29.9 Å². The minimum atomic E-state index is -2.39. The van der Waals surface area contributed by atoms with Crippen molar-refractivity contribution >= 4 is 35.3 Å². The summed E-state index contributed by atoms with van der Waals surface area (Å²) in [7, 11) is 0. The van der Waals surface area contributed by atoms with Crippen molar-refractivity contribution in [3.63, 3.8) is 0 Å². The number of halogens is 5. The van der Waals surface area contributed by atoms with Crippen LogP contribution in [0.2, 0.25) is 0 Å². The summed E-state index contributed by atoms with van der Waals surface area (Å²) < 4.78 is 83.8. The van der Waals surface area contributed by atoms with E-state index in [2.05, 4.69) is 20.7 Å². The molecular weight excluding hydrogens is 685 g/mol. The van der Waals surface area contributed by atoms with E-state index in [1.54, 1.807) is 65.8 Å². The van der Waals surface area contributed by atoms with Crippen molar-refractivity contribution in [3.8, 4) is 5.75 Å². The van der Waals surface area contributed by atoms with Gasteiger partial charge in [-0.15, -0.1) is 0 Å². The van der Waals surface area contributed by atoms with Gasteiger partial charge in [0.15, 0.2) is 0 Å². The molecule has 3 amide bonds. The molecule has 51 heavy (non-hydrogen) atoms. The highest BCUT2D eigenvalue weighted by Crippen LogP contribution is 2.32. The van der Waals surface area contributed by atoms with E-state index in [1.807, 2.05) is 0 Å². The molecule has 2 aromatic rings. The molecule has 0 fully saturated rings. The van der Waals surface area contributed by atoms with Crippen molar-refractivity contribution < 1.29 is 60.1 Å². The Labute approximate surface area is 293 Å². The fraction of sp³-hybridized carbons (Fsp3) is 0.514. The molecule has 16 heteroatoms. The summed E-state index contributed by atoms with van der Waals surface area (Å²) >= 11 is 0. The lowest BCUT2D eigenvalue weighted by Gasteiger charge is -2.29. The van der Waals surface area contributed by atoms with Crippen LogP contribution in [-0.4, -0.2) is 54.5 Å². The molecule has 0 radical (unpaired) electrons. The highest BCUT2D eigenvalue weighted by molar-refractivity contribution is 5.96. The number of hydrogen-bond donors (Lipinski definition) is 3. The first-order valence-corrected chi connectivity index (χ1v) is 16.1. The van der Waals surface area contributed by atoms with Crippen molar-refractivity contribution in [3.05, 3.63) is 58.9 Å². The largest absolute Gasteiger partial charge is 0.461 e. The van der Waals surface area contributed by atoms with Crippen molar-refractivity contribution in [2.75, 3.05) is 18.5 Å². The van der Waals surface area contributed by atoms with Gasteiger partial charge in [-0.25, -0.2) is 13.2 Å². The molecule has 11 nitrogen and oxygen atoms in total. The van der Waals surface area contributed by atoms with Crippen molar-refractivity contribution in [1.82, 2.24) is 10.6 Å². The summed E-state index contributed by atoms with van der Waals surface area (Å²) in [6, 6.07) is 5.59. The minimum absolute atomic E-state index is 0.0856. The Morgan fingerprint density at radius 3 is 1.86 bits per heavy atom. The first kappa shape index (κ1) is 42.6. The van der Waals surface area contributed by atoms with Crippen LogP contribution in [0.15, 0.2) is 24.3 Å². The highest BCUT2D eigenvalue weighted by Gasteiger charge is 2.36. The van der Waals surface area contributed by atoms with Crippen molar-refractivity contribution in [2.45, 2.75) is 86.5 Å². The smallest absolute Gasteiger partial charge is 0.317 e. The third-order valence-corrected chi connectivity index (χ3v) is 7.50. The van der Waals surface area contributed by atoms with E-state index in [9.17, 15) is 45.9 Å². The molecule has 0 saturated heterocycles. The van der Waals surface area contributed by atoms with Gasteiger partial charge in [-0.05, 0) is 57.7 Å². The topological polar surface area (TPSA) is 149 Å². The zero-order valence-electron chi connectivity index (χ0n) is 29.7. The van der Waals surface area contributed by atoms with Crippen LogP contribution in [0, 0.1) is 46.3 Å². The standard InChI is InChI=1S/C35H44F5N3O8/c1-18(2)29(31(46)41-16-23(45)42-21-11-9-20(10-12-21)17-49-32(47)19(3)4)43-22(44)15-35(7,8)50-14-13-34(5,6)33(48)51-30-27(39)25(37)24(36)26(38)28(30)40/h9-12,18-19,29H,13-17H2,1-8H3,(H,41,46)(H,42,45)(H,43,44). The second-order valence-electron chi connectivity index (χ2n) is 13.7. The van der Waals surface area contributed by atoms with Crippen molar-refractivity contribution in [2.24, 2.45) is 17.3 Å². The van der Waals surface area contributed by atoms with E-state index in [1.165, 1.54) is 13.8 Å². The van der Waals surface area contributed by atoms with Gasteiger partial charge in [-0.2, -0.15) is 8.78 Å². The Bertz CT molecular complexity index is 1570. The van der Waals surface area contributed by atoms with E-state index < -0.39 is 75.6 Å². The summed E-state index contributed by atoms with van der Waals surface area (Å²) in [5.74, 6) is -17.2. The van der Waals surface area contributed by atoms with Crippen LogP contribution in [0.3, 0.4) is 0 Å². The highest BCUT2D eigenvalue weighted by atomic mass is 19.2. The number of carbonyl (C=O) groups is 5. The maximum absolute atomic E-state index is 14.0. The zero-order valence-corrected chi connectivity index (χ0v) is 29.7. The van der Waals surface area contributed by atoms with E-state index in [4.69, 9.17) is 9.47 Å². The third kappa shape index (κ3) is 12.6. The van der Waals surface area contributed by atoms with E-state index in [0.29, 0.717) is 5.69 Å². The van der Waals surface area contributed by atoms with Gasteiger partial charge in [0.2, 0.25) is 52.6 Å². The molecule has 282 valence electrons. The normalized spacial score (nSPS) is 12.4. The number of carbonyl (C=O) groups excluding carboxylic acids is 5. The number of esters is 2. The average Bonchev–Trinajstić information content (AvgIpc) is 3.04. The van der Waals surface area contributed by atoms with Crippen LogP contribution in [0.4, 0.5) is 27.6 Å². The van der Waals surface area contributed by atoms with Crippen LogP contribution < -0.4 is 20.7 Å². The van der Waals surface area contributed by atoms with Crippen LogP contribution in [0.25, 0.3) is 0 Å². The number of rotatable bonds is 17. The molecule has 0 aliphatic carbocycles. The summed E-state index contributed by atoms with van der Waals surface area (Å²) in [6.07, 6.45) is -0.380. The molecule has 0 heterocycles. The Morgan fingerprint density at radius 2 is 1.33 bits per heavy atom. The predicted octanol–water partition coefficient (Wildman–Crippen LogP) is 5.48. The molecule has 1 unspecified atom stereocenters. The molecule has 0 aliphatic heterocycles. The first-order valence-electron chi connectivity index (χ1n) is 16.1. The van der Waals surface area contributed by atoms with Crippen LogP contribution in [0.1, 0.15) is 73.8 Å². The number of ether oxygens (including phenoxy) is 3. The lowest BCUT2D eigenvalue weighted by atomic mass is 9.90. The fourth-order valence-corrected chi connectivity index (χ4v) is 4.27. The van der Waals surface area contributed by atoms with E-state index >= 15 is 0 Å². The number of nitrogens with one attached hydrogen (secondary N) is 3. The minimum Gasteiger partial charge on any atom is -0.461 e. The quantitative estimate of drug-likeness (QED) is 0.0637. The summed E-state index contributed by atoms with van der Waals surface area (Å²) in [4.78, 5) is 62.5. The van der Waals surface area contributed by atoms with Crippen LogP contribution in [-0.2, 0) is 40.1 Å². The van der Waals surface area contributed by atoms with E-state index in [0.717, 1.165) is 5.56 Å². The molecule has 0 aromatic heterocycles. The molecule has 0 saturated carbocycles. The predicted molar refractivity (Wildman–Crippen MR) is 174 cm³/mol. The maximum atomic E-state index is 14.0. The van der Waals surface area contributed by atoms with Crippen molar-refractivity contribution in [1.29, 1.82) is 0 Å². The SMILES string of the molecule is CC(C)C(=O)OCc1ccc(NC(=O)CNC(=O)C(NC(=O)CC(C)(C)OCCC(C)(C)C(=O)Oc2c(F)c(F)c(F)c(F)c2F)C(C)C)cc1. The molecule has 2 aromatic carbocycles. The van der Waals surface area contributed by atoms with Gasteiger partial charge < -0.3 is 30.2 Å². The Kier molecular flexibility index (Phi) is 15.1. The zero-order chi connectivity index (χ0) is 38.8. The molecule has 1 atom stereocenters. The van der Waals surface area contributed by atoms with Gasteiger partial charge in [0.25, 0.3) is 0 Å². The molecule has 0 spiro atoms. The molecule has 3 N–H and O–H groups in total. The Hall–Kier alpha value is -4.60. The summed E-state index contributed by atoms with van der Waals surface area (Å²) in [6.45, 7) is 12.1. The number of benzene rings is 2. The van der Waals surface area contributed by atoms with Gasteiger partial charge in [0.1, 0.15) is 12.6 Å². The number of anilines is 1. The second kappa shape index (κ2) is 18.1. The third-order valence-electron chi connectivity index (χ3n) is 7.50. The average molecular weight is 730 g/mol. The second-order valence-corrected chi connectivity index (χ2v) is 13.7. The van der Waals surface area contributed by atoms with Gasteiger partial charge in [-0.1, -0.05) is 39.8 Å².